The van der Waals surface area contributed by atoms with E-state index < -0.39 is 12.2 Å². The van der Waals surface area contributed by atoms with Gasteiger partial charge in [-0.15, -0.1) is 0 Å². The van der Waals surface area contributed by atoms with Crippen LogP contribution in [0.5, 0.6) is 0 Å². The molecule has 4 rings (SSSR count). The van der Waals surface area contributed by atoms with Crippen molar-refractivity contribution in [3.05, 3.63) is 58.7 Å². The van der Waals surface area contributed by atoms with Crippen LogP contribution >= 0.6 is 0 Å². The molecule has 1 aromatic carbocycles. The summed E-state index contributed by atoms with van der Waals surface area (Å²) in [7, 11) is 0. The number of imidazole rings is 1. The van der Waals surface area contributed by atoms with Crippen LogP contribution in [0.25, 0.3) is 5.57 Å². The monoisotopic (exact) mass is 465 g/mol. The molecule has 0 bridgehead atoms. The number of allylic oxidation sites excluding steroid dienone is 2. The molecule has 184 valence electrons. The fourth-order valence-electron chi connectivity index (χ4n) is 5.21. The minimum atomic E-state index is -0.680. The number of nitrogens with one attached hydrogen (secondary N) is 1. The first-order valence-electron chi connectivity index (χ1n) is 12.4. The number of aromatic nitrogens is 2. The number of benzene rings is 1. The van der Waals surface area contributed by atoms with E-state index in [4.69, 9.17) is 0 Å². The van der Waals surface area contributed by atoms with E-state index in [1.165, 1.54) is 16.7 Å². The van der Waals surface area contributed by atoms with Crippen LogP contribution in [0.4, 0.5) is 0 Å². The van der Waals surface area contributed by atoms with Crippen LogP contribution in [0.2, 0.25) is 0 Å². The maximum absolute atomic E-state index is 13.0. The number of rotatable bonds is 7. The summed E-state index contributed by atoms with van der Waals surface area (Å²) in [6, 6.07) is 6.51. The lowest BCUT2D eigenvalue weighted by Crippen LogP contribution is -2.36. The zero-order valence-electron chi connectivity index (χ0n) is 21.2. The van der Waals surface area contributed by atoms with Gasteiger partial charge in [-0.05, 0) is 53.9 Å². The molecule has 1 saturated heterocycles. The van der Waals surface area contributed by atoms with Crippen molar-refractivity contribution in [1.82, 2.24) is 14.9 Å². The minimum Gasteiger partial charge on any atom is -0.389 e. The van der Waals surface area contributed by atoms with Crippen LogP contribution in [0.3, 0.4) is 0 Å². The standard InChI is InChI=1S/C28H39N3O3/c1-18-14-29-26(30-18)23(32)12-20-6-7-21(13-22(20)19-8-10-27(2,3)11-9-19)28(4,5)17-31-15-24(33)25(34)16-31/h6-8,13-14,24-25,33-34H,9-12,15-17H2,1-5H3,(H,29,30)/t24-,25+. The van der Waals surface area contributed by atoms with Crippen molar-refractivity contribution < 1.29 is 15.0 Å². The van der Waals surface area contributed by atoms with Crippen molar-refractivity contribution in [3.8, 4) is 0 Å². The van der Waals surface area contributed by atoms with Crippen molar-refractivity contribution in [1.29, 1.82) is 0 Å². The molecule has 1 aliphatic carbocycles. The molecule has 1 fully saturated rings. The fraction of sp³-hybridized carbons (Fsp3) is 0.571. The number of Topliss-reactive ketones (excluding diaryl/α,β-unsaturated/α-hetero) is 1. The first kappa shape index (κ1) is 24.8. The second-order valence-corrected chi connectivity index (χ2v) is 11.7. The van der Waals surface area contributed by atoms with E-state index in [9.17, 15) is 15.0 Å². The zero-order chi connectivity index (χ0) is 24.7. The first-order chi connectivity index (χ1) is 15.9. The lowest BCUT2D eigenvalue weighted by Gasteiger charge is -2.33. The Bertz CT molecular complexity index is 1070. The lowest BCUT2D eigenvalue weighted by atomic mass is 9.75. The van der Waals surface area contributed by atoms with Crippen molar-refractivity contribution in [2.75, 3.05) is 19.6 Å². The predicted molar refractivity (Wildman–Crippen MR) is 135 cm³/mol. The number of H-pyrrole nitrogens is 1. The topological polar surface area (TPSA) is 89.5 Å². The van der Waals surface area contributed by atoms with Crippen molar-refractivity contribution in [3.63, 3.8) is 0 Å². The molecule has 1 aromatic heterocycles. The lowest BCUT2D eigenvalue weighted by molar-refractivity contribution is 0.0572. The summed E-state index contributed by atoms with van der Waals surface area (Å²) in [5.41, 5.74) is 5.75. The van der Waals surface area contributed by atoms with E-state index in [1.54, 1.807) is 6.20 Å². The molecule has 6 nitrogen and oxygen atoms in total. The number of carbonyl (C=O) groups excluding carboxylic acids is 1. The first-order valence-corrected chi connectivity index (χ1v) is 12.4. The number of hydrogen-bond donors (Lipinski definition) is 3. The highest BCUT2D eigenvalue weighted by Gasteiger charge is 2.34. The predicted octanol–water partition coefficient (Wildman–Crippen LogP) is 4.05. The van der Waals surface area contributed by atoms with Crippen molar-refractivity contribution >= 4 is 11.4 Å². The van der Waals surface area contributed by atoms with Gasteiger partial charge in [-0.3, -0.25) is 9.69 Å². The highest BCUT2D eigenvalue weighted by atomic mass is 16.3. The Balaban J connectivity index is 1.64. The quantitative estimate of drug-likeness (QED) is 0.537. The van der Waals surface area contributed by atoms with E-state index in [2.05, 4.69) is 66.8 Å². The maximum Gasteiger partial charge on any atom is 0.202 e. The molecule has 3 N–H and O–H groups in total. The number of hydrogen-bond acceptors (Lipinski definition) is 5. The van der Waals surface area contributed by atoms with E-state index in [0.717, 1.165) is 37.1 Å². The summed E-state index contributed by atoms with van der Waals surface area (Å²) in [5, 5.41) is 19.9. The van der Waals surface area contributed by atoms with Gasteiger partial charge in [0.25, 0.3) is 0 Å². The average Bonchev–Trinajstić information content (AvgIpc) is 3.32. The Hall–Kier alpha value is -2.28. The molecule has 6 heteroatoms. The van der Waals surface area contributed by atoms with Crippen LogP contribution in [0.15, 0.2) is 30.5 Å². The van der Waals surface area contributed by atoms with E-state index >= 15 is 0 Å². The smallest absolute Gasteiger partial charge is 0.202 e. The molecule has 2 aromatic rings. The average molecular weight is 466 g/mol. The van der Waals surface area contributed by atoms with Crippen LogP contribution < -0.4 is 0 Å². The second kappa shape index (κ2) is 9.40. The van der Waals surface area contributed by atoms with Gasteiger partial charge in [0, 0.05) is 43.4 Å². The number of ketones is 1. The number of aromatic amines is 1. The van der Waals surface area contributed by atoms with Gasteiger partial charge in [-0.2, -0.15) is 0 Å². The molecule has 0 amide bonds. The highest BCUT2D eigenvalue weighted by molar-refractivity contribution is 5.95. The molecule has 0 saturated carbocycles. The number of aliphatic hydroxyl groups excluding tert-OH is 2. The molecule has 34 heavy (non-hydrogen) atoms. The number of likely N-dealkylation sites (tertiary alicyclic amines) is 1. The normalized spacial score (nSPS) is 23.2. The van der Waals surface area contributed by atoms with Crippen molar-refractivity contribution in [2.45, 2.75) is 77.9 Å². The van der Waals surface area contributed by atoms with Gasteiger partial charge in [0.1, 0.15) is 0 Å². The summed E-state index contributed by atoms with van der Waals surface area (Å²) in [4.78, 5) is 22.4. The number of aliphatic hydroxyl groups is 2. The van der Waals surface area contributed by atoms with Gasteiger partial charge in [-0.25, -0.2) is 4.98 Å². The number of carbonyl (C=O) groups is 1. The summed E-state index contributed by atoms with van der Waals surface area (Å²) < 4.78 is 0. The SMILES string of the molecule is Cc1cnc(C(=O)Cc2ccc(C(C)(C)CN3C[C@@H](O)[C@@H](O)C3)cc2C2=CCC(C)(C)CC2)[nH]1. The fourth-order valence-corrected chi connectivity index (χ4v) is 5.21. The minimum absolute atomic E-state index is 0.00172. The summed E-state index contributed by atoms with van der Waals surface area (Å²) >= 11 is 0. The van der Waals surface area contributed by atoms with Crippen molar-refractivity contribution in [2.24, 2.45) is 5.41 Å². The van der Waals surface area contributed by atoms with Crippen LogP contribution in [-0.2, 0) is 11.8 Å². The molecule has 0 unspecified atom stereocenters. The highest BCUT2D eigenvalue weighted by Crippen LogP contribution is 2.40. The Morgan fingerprint density at radius 1 is 1.24 bits per heavy atom. The third-order valence-corrected chi connectivity index (χ3v) is 7.48. The molecule has 0 spiro atoms. The largest absolute Gasteiger partial charge is 0.389 e. The van der Waals surface area contributed by atoms with Gasteiger partial charge < -0.3 is 15.2 Å². The van der Waals surface area contributed by atoms with E-state index in [-0.39, 0.29) is 11.2 Å². The molecule has 0 radical (unpaired) electrons. The zero-order valence-corrected chi connectivity index (χ0v) is 21.2. The molecule has 2 heterocycles. The Morgan fingerprint density at radius 3 is 2.53 bits per heavy atom. The number of β-amino-alcohol motifs (C(OH)–C–C–N with tert-alkyl or cyclic N) is 2. The second-order valence-electron chi connectivity index (χ2n) is 11.7. The summed E-state index contributed by atoms with van der Waals surface area (Å²) in [6.45, 7) is 12.7. The van der Waals surface area contributed by atoms with Gasteiger partial charge >= 0.3 is 0 Å². The molecule has 2 aliphatic rings. The number of aryl methyl sites for hydroxylation is 1. The van der Waals surface area contributed by atoms with Gasteiger partial charge in [0.05, 0.1) is 12.2 Å². The van der Waals surface area contributed by atoms with E-state index in [1.807, 2.05) is 6.92 Å². The van der Waals surface area contributed by atoms with Crippen LogP contribution in [0, 0.1) is 12.3 Å². The van der Waals surface area contributed by atoms with E-state index in [0.29, 0.717) is 30.7 Å². The Morgan fingerprint density at radius 2 is 1.94 bits per heavy atom. The Kier molecular flexibility index (Phi) is 6.87. The summed E-state index contributed by atoms with van der Waals surface area (Å²) in [6.07, 6.45) is 6.16. The molecular weight excluding hydrogens is 426 g/mol. The van der Waals surface area contributed by atoms with Gasteiger partial charge in [-0.1, -0.05) is 52.0 Å². The summed E-state index contributed by atoms with van der Waals surface area (Å²) in [5.74, 6) is 0.413. The third-order valence-electron chi connectivity index (χ3n) is 7.48. The van der Waals surface area contributed by atoms with Gasteiger partial charge in [0.2, 0.25) is 5.78 Å². The molecule has 1 aliphatic heterocycles. The Labute approximate surface area is 203 Å². The van der Waals surface area contributed by atoms with Crippen LogP contribution in [-0.4, -0.2) is 62.7 Å². The number of nitrogens with zero attached hydrogens (tertiary/aromatic N) is 2. The molecule has 2 atom stereocenters. The maximum atomic E-state index is 13.0. The van der Waals surface area contributed by atoms with Crippen LogP contribution in [0.1, 0.15) is 80.0 Å². The molecular formula is C28H39N3O3. The third kappa shape index (κ3) is 5.51. The van der Waals surface area contributed by atoms with Gasteiger partial charge in [0.15, 0.2) is 5.82 Å².